The van der Waals surface area contributed by atoms with Crippen LogP contribution in [0.4, 0.5) is 4.39 Å². The third kappa shape index (κ3) is 7.09. The number of hydrogen-bond acceptors (Lipinski definition) is 5. The number of carbonyl (C=O) groups excluding carboxylic acids is 1. The molecule has 0 spiro atoms. The molecule has 2 N–H and O–H groups in total. The minimum atomic E-state index is -4.11. The van der Waals surface area contributed by atoms with Crippen molar-refractivity contribution < 1.29 is 17.6 Å². The molecule has 1 heterocycles. The maximum Gasteiger partial charge on any atom is 0.244 e. The van der Waals surface area contributed by atoms with Gasteiger partial charge in [-0.2, -0.15) is 4.72 Å². The molecule has 0 unspecified atom stereocenters. The van der Waals surface area contributed by atoms with Crippen LogP contribution in [-0.4, -0.2) is 69.4 Å². The molecular formula is C23H31FN4O3S. The average Bonchev–Trinajstić information content (AvgIpc) is 2.78. The number of rotatable bonds is 10. The predicted molar refractivity (Wildman–Crippen MR) is 122 cm³/mol. The Morgan fingerprint density at radius 2 is 1.62 bits per heavy atom. The van der Waals surface area contributed by atoms with Gasteiger partial charge in [0.2, 0.25) is 15.9 Å². The maximum absolute atomic E-state index is 13.8. The second-order valence-electron chi connectivity index (χ2n) is 8.02. The molecule has 3 rings (SSSR count). The topological polar surface area (TPSA) is 81.7 Å². The summed E-state index contributed by atoms with van der Waals surface area (Å²) in [5.41, 5.74) is 1.32. The highest BCUT2D eigenvalue weighted by atomic mass is 32.2. The van der Waals surface area contributed by atoms with E-state index in [2.05, 4.69) is 44.1 Å². The highest BCUT2D eigenvalue weighted by Gasteiger charge is 2.24. The van der Waals surface area contributed by atoms with E-state index in [1.807, 2.05) is 6.07 Å². The van der Waals surface area contributed by atoms with Crippen LogP contribution < -0.4 is 10.0 Å². The number of benzene rings is 2. The van der Waals surface area contributed by atoms with Gasteiger partial charge in [0, 0.05) is 39.3 Å². The number of amides is 1. The van der Waals surface area contributed by atoms with Gasteiger partial charge in [0.05, 0.1) is 6.04 Å². The summed E-state index contributed by atoms with van der Waals surface area (Å²) in [6.07, 6.45) is 0.775. The first-order chi connectivity index (χ1) is 15.3. The van der Waals surface area contributed by atoms with E-state index in [0.717, 1.165) is 51.8 Å². The van der Waals surface area contributed by atoms with Crippen molar-refractivity contribution >= 4 is 15.9 Å². The fraction of sp³-hybridized carbons (Fsp3) is 0.435. The van der Waals surface area contributed by atoms with Crippen molar-refractivity contribution in [2.75, 3.05) is 39.3 Å². The summed E-state index contributed by atoms with van der Waals surface area (Å²) in [5.74, 6) is -1.28. The largest absolute Gasteiger partial charge is 0.355 e. The molecule has 0 saturated carbocycles. The zero-order valence-corrected chi connectivity index (χ0v) is 19.2. The quantitative estimate of drug-likeness (QED) is 0.527. The van der Waals surface area contributed by atoms with Gasteiger partial charge >= 0.3 is 0 Å². The van der Waals surface area contributed by atoms with Crippen LogP contribution in [0.1, 0.15) is 18.9 Å². The fourth-order valence-corrected chi connectivity index (χ4v) is 4.97. The highest BCUT2D eigenvalue weighted by Crippen LogP contribution is 2.13. The van der Waals surface area contributed by atoms with Crippen LogP contribution in [0.5, 0.6) is 0 Å². The van der Waals surface area contributed by atoms with Gasteiger partial charge in [-0.1, -0.05) is 42.5 Å². The second-order valence-corrected chi connectivity index (χ2v) is 9.70. The molecule has 0 aliphatic carbocycles. The van der Waals surface area contributed by atoms with Crippen LogP contribution in [0, 0.1) is 5.82 Å². The monoisotopic (exact) mass is 462 g/mol. The summed E-state index contributed by atoms with van der Waals surface area (Å²) in [6, 6.07) is 14.5. The van der Waals surface area contributed by atoms with Crippen molar-refractivity contribution in [3.05, 3.63) is 66.0 Å². The molecular weight excluding hydrogens is 431 g/mol. The van der Waals surface area contributed by atoms with Crippen molar-refractivity contribution in [1.82, 2.24) is 19.8 Å². The zero-order valence-electron chi connectivity index (χ0n) is 18.3. The Kier molecular flexibility index (Phi) is 8.75. The molecule has 1 aliphatic rings. The van der Waals surface area contributed by atoms with Crippen LogP contribution in [0.2, 0.25) is 0 Å². The maximum atomic E-state index is 13.8. The van der Waals surface area contributed by atoms with Gasteiger partial charge in [0.15, 0.2) is 0 Å². The van der Waals surface area contributed by atoms with Gasteiger partial charge in [0.25, 0.3) is 0 Å². The van der Waals surface area contributed by atoms with Crippen LogP contribution in [-0.2, 0) is 21.4 Å². The molecule has 2 aromatic rings. The van der Waals surface area contributed by atoms with Gasteiger partial charge in [-0.25, -0.2) is 12.8 Å². The third-order valence-corrected chi connectivity index (χ3v) is 7.09. The Balaban J connectivity index is 1.33. The molecule has 1 atom stereocenters. The Morgan fingerprint density at radius 3 is 2.31 bits per heavy atom. The van der Waals surface area contributed by atoms with Crippen molar-refractivity contribution in [1.29, 1.82) is 0 Å². The number of sulfonamides is 1. The SMILES string of the molecule is C[C@H](NS(=O)(=O)c1ccccc1F)C(=O)NCCCN1CCN(Cc2ccccc2)CC1. The van der Waals surface area contributed by atoms with E-state index in [1.165, 1.54) is 30.7 Å². The lowest BCUT2D eigenvalue weighted by atomic mass is 10.2. The molecule has 174 valence electrons. The third-order valence-electron chi connectivity index (χ3n) is 5.52. The summed E-state index contributed by atoms with van der Waals surface area (Å²) < 4.78 is 40.6. The molecule has 9 heteroatoms. The van der Waals surface area contributed by atoms with Gasteiger partial charge in [0.1, 0.15) is 10.7 Å². The Labute approximate surface area is 189 Å². The molecule has 2 aromatic carbocycles. The number of carbonyl (C=O) groups is 1. The molecule has 0 radical (unpaired) electrons. The smallest absolute Gasteiger partial charge is 0.244 e. The summed E-state index contributed by atoms with van der Waals surface area (Å²) in [6.45, 7) is 7.72. The lowest BCUT2D eigenvalue weighted by Crippen LogP contribution is -2.47. The van der Waals surface area contributed by atoms with Crippen LogP contribution in [0.3, 0.4) is 0 Å². The molecule has 0 bridgehead atoms. The summed E-state index contributed by atoms with van der Waals surface area (Å²) in [7, 11) is -4.11. The van der Waals surface area contributed by atoms with E-state index in [4.69, 9.17) is 0 Å². The van der Waals surface area contributed by atoms with E-state index < -0.39 is 32.7 Å². The van der Waals surface area contributed by atoms with Crippen LogP contribution in [0.15, 0.2) is 59.5 Å². The predicted octanol–water partition coefficient (Wildman–Crippen LogP) is 1.82. The lowest BCUT2D eigenvalue weighted by molar-refractivity contribution is -0.122. The number of piperazine rings is 1. The van der Waals surface area contributed by atoms with Crippen LogP contribution >= 0.6 is 0 Å². The summed E-state index contributed by atoms with van der Waals surface area (Å²) >= 11 is 0. The minimum Gasteiger partial charge on any atom is -0.355 e. The van der Waals surface area contributed by atoms with E-state index in [1.54, 1.807) is 0 Å². The van der Waals surface area contributed by atoms with Gasteiger partial charge < -0.3 is 10.2 Å². The molecule has 32 heavy (non-hydrogen) atoms. The standard InChI is InChI=1S/C23H31FN4O3S/c1-19(26-32(30,31)22-11-6-5-10-21(22)24)23(29)25-12-7-13-27-14-16-28(17-15-27)18-20-8-3-2-4-9-20/h2-6,8-11,19,26H,7,12-18H2,1H3,(H,25,29)/t19-/m0/s1. The first kappa shape index (κ1) is 24.3. The van der Waals surface area contributed by atoms with E-state index in [-0.39, 0.29) is 0 Å². The molecule has 0 aromatic heterocycles. The van der Waals surface area contributed by atoms with Crippen molar-refractivity contribution in [2.24, 2.45) is 0 Å². The van der Waals surface area contributed by atoms with E-state index in [9.17, 15) is 17.6 Å². The molecule has 1 amide bonds. The van der Waals surface area contributed by atoms with Crippen molar-refractivity contribution in [3.63, 3.8) is 0 Å². The van der Waals surface area contributed by atoms with Crippen molar-refractivity contribution in [2.45, 2.75) is 30.8 Å². The first-order valence-electron chi connectivity index (χ1n) is 10.9. The highest BCUT2D eigenvalue weighted by molar-refractivity contribution is 7.89. The minimum absolute atomic E-state index is 0.433. The Morgan fingerprint density at radius 1 is 1.00 bits per heavy atom. The number of nitrogens with zero attached hydrogens (tertiary/aromatic N) is 2. The average molecular weight is 463 g/mol. The Bertz CT molecular complexity index is 980. The second kappa shape index (κ2) is 11.5. The number of hydrogen-bond donors (Lipinski definition) is 2. The lowest BCUT2D eigenvalue weighted by Gasteiger charge is -2.34. The molecule has 1 fully saturated rings. The van der Waals surface area contributed by atoms with Gasteiger partial charge in [-0.15, -0.1) is 0 Å². The molecule has 7 nitrogen and oxygen atoms in total. The normalized spacial score (nSPS) is 16.6. The molecule has 1 saturated heterocycles. The van der Waals surface area contributed by atoms with Crippen molar-refractivity contribution in [3.8, 4) is 0 Å². The zero-order chi connectivity index (χ0) is 23.0. The number of halogens is 1. The summed E-state index contributed by atoms with van der Waals surface area (Å²) in [5, 5.41) is 2.76. The van der Waals surface area contributed by atoms with E-state index in [0.29, 0.717) is 6.54 Å². The molecule has 1 aliphatic heterocycles. The Hall–Kier alpha value is -2.33. The van der Waals surface area contributed by atoms with Gasteiger partial charge in [-0.05, 0) is 37.6 Å². The first-order valence-corrected chi connectivity index (χ1v) is 12.4. The van der Waals surface area contributed by atoms with Crippen LogP contribution in [0.25, 0.3) is 0 Å². The van der Waals surface area contributed by atoms with Gasteiger partial charge in [-0.3, -0.25) is 9.69 Å². The fourth-order valence-electron chi connectivity index (χ4n) is 3.69. The summed E-state index contributed by atoms with van der Waals surface area (Å²) in [4.78, 5) is 16.6. The number of nitrogens with one attached hydrogen (secondary N) is 2. The van der Waals surface area contributed by atoms with E-state index >= 15 is 0 Å².